The molecule has 0 aliphatic heterocycles. The van der Waals surface area contributed by atoms with E-state index in [9.17, 15) is 4.79 Å². The van der Waals surface area contributed by atoms with Gasteiger partial charge in [-0.15, -0.1) is 0 Å². The lowest BCUT2D eigenvalue weighted by Crippen LogP contribution is -1.88. The van der Waals surface area contributed by atoms with Crippen LogP contribution in [0, 0.1) is 0 Å². The average Bonchev–Trinajstić information content (AvgIpc) is 2.30. The van der Waals surface area contributed by atoms with Crippen molar-refractivity contribution in [3.05, 3.63) is 42.2 Å². The number of hydrogen-bond donors (Lipinski definition) is 1. The van der Waals surface area contributed by atoms with Gasteiger partial charge in [0.2, 0.25) is 0 Å². The van der Waals surface area contributed by atoms with E-state index >= 15 is 0 Å². The van der Waals surface area contributed by atoms with Crippen molar-refractivity contribution in [2.75, 3.05) is 0 Å². The molecule has 0 saturated carbocycles. The number of hydrogen-bond acceptors (Lipinski definition) is 4. The fourth-order valence-corrected chi connectivity index (χ4v) is 1.22. The van der Waals surface area contributed by atoms with Gasteiger partial charge >= 0.3 is 0 Å². The van der Waals surface area contributed by atoms with Crippen LogP contribution in [0.4, 0.5) is 0 Å². The van der Waals surface area contributed by atoms with Gasteiger partial charge in [-0.2, -0.15) is 0 Å². The first kappa shape index (κ1) is 9.33. The van der Waals surface area contributed by atoms with Crippen LogP contribution in [0.3, 0.4) is 0 Å². The molecule has 0 radical (unpaired) electrons. The maximum atomic E-state index is 10.6. The van der Waals surface area contributed by atoms with E-state index in [0.717, 1.165) is 11.8 Å². The highest BCUT2D eigenvalue weighted by atomic mass is 16.3. The molecule has 4 heteroatoms. The van der Waals surface area contributed by atoms with Gasteiger partial charge in [0.1, 0.15) is 6.29 Å². The Balaban J connectivity index is 2.44. The van der Waals surface area contributed by atoms with Crippen molar-refractivity contribution >= 4 is 6.29 Å². The van der Waals surface area contributed by atoms with Crippen LogP contribution in [0.1, 0.15) is 10.4 Å². The molecule has 1 N–H and O–H groups in total. The standard InChI is InChI=1S/C11H8N2O2/c14-7-8-2-1-3-9(4-8)11-12-5-10(15)6-13-11/h1-7,15H. The maximum Gasteiger partial charge on any atom is 0.159 e. The molecule has 0 bridgehead atoms. The number of nitrogens with zero attached hydrogens (tertiary/aromatic N) is 2. The van der Waals surface area contributed by atoms with Gasteiger partial charge in [-0.3, -0.25) is 4.79 Å². The maximum absolute atomic E-state index is 10.6. The molecule has 74 valence electrons. The largest absolute Gasteiger partial charge is 0.505 e. The smallest absolute Gasteiger partial charge is 0.159 e. The minimum atomic E-state index is 0.0188. The van der Waals surface area contributed by atoms with Gasteiger partial charge in [0.15, 0.2) is 11.6 Å². The molecule has 2 rings (SSSR count). The summed E-state index contributed by atoms with van der Waals surface area (Å²) >= 11 is 0. The highest BCUT2D eigenvalue weighted by Gasteiger charge is 2.01. The average molecular weight is 200 g/mol. The predicted molar refractivity (Wildman–Crippen MR) is 54.5 cm³/mol. The summed E-state index contributed by atoms with van der Waals surface area (Å²) in [5.41, 5.74) is 1.32. The highest BCUT2D eigenvalue weighted by molar-refractivity contribution is 5.77. The Morgan fingerprint density at radius 2 is 1.93 bits per heavy atom. The van der Waals surface area contributed by atoms with Crippen molar-refractivity contribution in [2.45, 2.75) is 0 Å². The molecule has 0 unspecified atom stereocenters. The fraction of sp³-hybridized carbons (Fsp3) is 0. The summed E-state index contributed by atoms with van der Waals surface area (Å²) in [6, 6.07) is 6.96. The van der Waals surface area contributed by atoms with E-state index in [1.54, 1.807) is 24.3 Å². The Labute approximate surface area is 86.2 Å². The quantitative estimate of drug-likeness (QED) is 0.749. The number of aromatic nitrogens is 2. The molecule has 1 aromatic heterocycles. The summed E-state index contributed by atoms with van der Waals surface area (Å²) in [4.78, 5) is 18.5. The molecule has 0 aliphatic rings. The Bertz CT molecular complexity index is 480. The SMILES string of the molecule is O=Cc1cccc(-c2ncc(O)cn2)c1. The van der Waals surface area contributed by atoms with Gasteiger partial charge in [-0.25, -0.2) is 9.97 Å². The van der Waals surface area contributed by atoms with Gasteiger partial charge in [-0.1, -0.05) is 18.2 Å². The molecule has 4 nitrogen and oxygen atoms in total. The molecule has 1 aromatic carbocycles. The third-order valence-electron chi connectivity index (χ3n) is 1.92. The number of benzene rings is 1. The molecule has 0 aliphatic carbocycles. The minimum absolute atomic E-state index is 0.0188. The second-order valence-electron chi connectivity index (χ2n) is 3.01. The van der Waals surface area contributed by atoms with Crippen LogP contribution in [0.5, 0.6) is 5.75 Å². The monoisotopic (exact) mass is 200 g/mol. The Morgan fingerprint density at radius 1 is 1.20 bits per heavy atom. The summed E-state index contributed by atoms with van der Waals surface area (Å²) in [7, 11) is 0. The van der Waals surface area contributed by atoms with E-state index in [1.165, 1.54) is 12.4 Å². The molecular formula is C11H8N2O2. The van der Waals surface area contributed by atoms with Gasteiger partial charge in [0, 0.05) is 11.1 Å². The Hall–Kier alpha value is -2.23. The molecule has 15 heavy (non-hydrogen) atoms. The normalized spacial score (nSPS) is 9.87. The molecule has 0 atom stereocenters. The number of carbonyl (C=O) groups is 1. The van der Waals surface area contributed by atoms with Crippen LogP contribution in [0.15, 0.2) is 36.7 Å². The third-order valence-corrected chi connectivity index (χ3v) is 1.92. The zero-order valence-electron chi connectivity index (χ0n) is 7.79. The van der Waals surface area contributed by atoms with E-state index < -0.39 is 0 Å². The van der Waals surface area contributed by atoms with Crippen molar-refractivity contribution in [1.29, 1.82) is 0 Å². The topological polar surface area (TPSA) is 63.1 Å². The number of aromatic hydroxyl groups is 1. The minimum Gasteiger partial charge on any atom is -0.505 e. The third kappa shape index (κ3) is 1.99. The van der Waals surface area contributed by atoms with Crippen LogP contribution in [0.25, 0.3) is 11.4 Å². The lowest BCUT2D eigenvalue weighted by molar-refractivity contribution is 0.112. The molecule has 0 fully saturated rings. The highest BCUT2D eigenvalue weighted by Crippen LogP contribution is 2.16. The first-order valence-electron chi connectivity index (χ1n) is 4.36. The van der Waals surface area contributed by atoms with Gasteiger partial charge in [0.25, 0.3) is 0 Å². The van der Waals surface area contributed by atoms with Crippen LogP contribution in [-0.2, 0) is 0 Å². The molecule has 0 spiro atoms. The first-order valence-corrected chi connectivity index (χ1v) is 4.36. The van der Waals surface area contributed by atoms with E-state index in [-0.39, 0.29) is 5.75 Å². The van der Waals surface area contributed by atoms with Crippen molar-refractivity contribution in [1.82, 2.24) is 9.97 Å². The fourth-order valence-electron chi connectivity index (χ4n) is 1.22. The zero-order valence-corrected chi connectivity index (χ0v) is 7.79. The van der Waals surface area contributed by atoms with Crippen LogP contribution >= 0.6 is 0 Å². The van der Waals surface area contributed by atoms with Crippen LogP contribution < -0.4 is 0 Å². The summed E-state index contributed by atoms with van der Waals surface area (Å²) in [5, 5.41) is 9.02. The van der Waals surface area contributed by atoms with Gasteiger partial charge < -0.3 is 5.11 Å². The van der Waals surface area contributed by atoms with Crippen LogP contribution in [0.2, 0.25) is 0 Å². The molecule has 0 amide bonds. The lowest BCUT2D eigenvalue weighted by atomic mass is 10.1. The Kier molecular flexibility index (Phi) is 2.41. The lowest BCUT2D eigenvalue weighted by Gasteiger charge is -1.99. The van der Waals surface area contributed by atoms with Crippen molar-refractivity contribution in [2.24, 2.45) is 0 Å². The van der Waals surface area contributed by atoms with E-state index in [1.807, 2.05) is 0 Å². The number of aldehydes is 1. The van der Waals surface area contributed by atoms with Crippen LogP contribution in [-0.4, -0.2) is 21.4 Å². The summed E-state index contributed by atoms with van der Waals surface area (Å²) in [6.45, 7) is 0. The summed E-state index contributed by atoms with van der Waals surface area (Å²) in [6.07, 6.45) is 3.40. The summed E-state index contributed by atoms with van der Waals surface area (Å²) in [5.74, 6) is 0.502. The van der Waals surface area contributed by atoms with E-state index in [2.05, 4.69) is 9.97 Å². The molecule has 0 saturated heterocycles. The molecular weight excluding hydrogens is 192 g/mol. The van der Waals surface area contributed by atoms with E-state index in [4.69, 9.17) is 5.11 Å². The van der Waals surface area contributed by atoms with E-state index in [0.29, 0.717) is 11.4 Å². The second-order valence-corrected chi connectivity index (χ2v) is 3.01. The molecule has 1 heterocycles. The predicted octanol–water partition coefficient (Wildman–Crippen LogP) is 1.66. The number of rotatable bonds is 2. The van der Waals surface area contributed by atoms with Crippen molar-refractivity contribution in [3.8, 4) is 17.1 Å². The Morgan fingerprint density at radius 3 is 2.60 bits per heavy atom. The molecule has 2 aromatic rings. The summed E-state index contributed by atoms with van der Waals surface area (Å²) < 4.78 is 0. The second kappa shape index (κ2) is 3.88. The van der Waals surface area contributed by atoms with Crippen molar-refractivity contribution in [3.63, 3.8) is 0 Å². The first-order chi connectivity index (χ1) is 7.29. The number of carbonyl (C=O) groups excluding carboxylic acids is 1. The zero-order chi connectivity index (χ0) is 10.7. The van der Waals surface area contributed by atoms with Gasteiger partial charge in [0.05, 0.1) is 12.4 Å². The van der Waals surface area contributed by atoms with Gasteiger partial charge in [-0.05, 0) is 6.07 Å². The van der Waals surface area contributed by atoms with Crippen molar-refractivity contribution < 1.29 is 9.90 Å².